The smallest absolute Gasteiger partial charge is 0.211 e. The summed E-state index contributed by atoms with van der Waals surface area (Å²) in [4.78, 5) is 0. The first kappa shape index (κ1) is 19.0. The van der Waals surface area contributed by atoms with E-state index in [0.29, 0.717) is 17.6 Å². The third kappa shape index (κ3) is 5.34. The van der Waals surface area contributed by atoms with Crippen molar-refractivity contribution in [2.24, 2.45) is 5.10 Å². The lowest BCUT2D eigenvalue weighted by molar-refractivity contribution is 0.290. The molecule has 3 aromatic rings. The van der Waals surface area contributed by atoms with Gasteiger partial charge in [0.15, 0.2) is 5.82 Å². The summed E-state index contributed by atoms with van der Waals surface area (Å²) in [5.41, 5.74) is 0.967. The van der Waals surface area contributed by atoms with Crippen LogP contribution in [0.3, 0.4) is 0 Å². The Morgan fingerprint density at radius 1 is 1.00 bits per heavy atom. The molecule has 140 valence electrons. The van der Waals surface area contributed by atoms with E-state index in [9.17, 15) is 0 Å². The van der Waals surface area contributed by atoms with Crippen molar-refractivity contribution in [2.45, 2.75) is 25.1 Å². The molecule has 0 aliphatic heterocycles. The molecule has 0 bridgehead atoms. The summed E-state index contributed by atoms with van der Waals surface area (Å²) in [6.45, 7) is 3.09. The highest BCUT2D eigenvalue weighted by Gasteiger charge is 2.11. The molecule has 7 heteroatoms. The zero-order valence-corrected chi connectivity index (χ0v) is 16.2. The van der Waals surface area contributed by atoms with Crippen molar-refractivity contribution >= 4 is 18.0 Å². The average molecular weight is 382 g/mol. The third-order valence-electron chi connectivity index (χ3n) is 3.65. The first-order valence-electron chi connectivity index (χ1n) is 8.73. The van der Waals surface area contributed by atoms with Gasteiger partial charge in [-0.3, -0.25) is 0 Å². The molecule has 3 rings (SSSR count). The highest BCUT2D eigenvalue weighted by atomic mass is 32.2. The summed E-state index contributed by atoms with van der Waals surface area (Å²) in [5, 5.41) is 13.6. The lowest BCUT2D eigenvalue weighted by Gasteiger charge is -2.06. The van der Waals surface area contributed by atoms with Gasteiger partial charge in [-0.25, -0.2) is 0 Å². The van der Waals surface area contributed by atoms with Gasteiger partial charge in [0.2, 0.25) is 5.16 Å². The van der Waals surface area contributed by atoms with Crippen LogP contribution in [-0.4, -0.2) is 34.0 Å². The van der Waals surface area contributed by atoms with Crippen LogP contribution in [0.2, 0.25) is 0 Å². The first-order valence-corrected chi connectivity index (χ1v) is 9.96. The summed E-state index contributed by atoms with van der Waals surface area (Å²) in [6, 6.07) is 17.4. The molecule has 0 radical (unpaired) electrons. The number of hydrogen-bond donors (Lipinski definition) is 0. The van der Waals surface area contributed by atoms with Gasteiger partial charge >= 0.3 is 0 Å². The van der Waals surface area contributed by atoms with Gasteiger partial charge in [0.05, 0.1) is 12.8 Å². The average Bonchev–Trinajstić information content (AvgIpc) is 3.12. The fraction of sp³-hybridized carbons (Fsp3) is 0.250. The van der Waals surface area contributed by atoms with Crippen molar-refractivity contribution < 1.29 is 9.47 Å². The summed E-state index contributed by atoms with van der Waals surface area (Å²) >= 11 is 1.48. The molecule has 0 spiro atoms. The topological polar surface area (TPSA) is 61.5 Å². The van der Waals surface area contributed by atoms with E-state index in [4.69, 9.17) is 9.47 Å². The maximum atomic E-state index is 5.77. The van der Waals surface area contributed by atoms with Gasteiger partial charge in [-0.1, -0.05) is 36.9 Å². The van der Waals surface area contributed by atoms with Gasteiger partial charge in [0.1, 0.15) is 18.1 Å². The largest absolute Gasteiger partial charge is 0.494 e. The maximum Gasteiger partial charge on any atom is 0.211 e. The van der Waals surface area contributed by atoms with Gasteiger partial charge in [-0.15, -0.1) is 10.2 Å². The standard InChI is InChI=1S/C20H22N4O2S/c1-3-13-25-18-11-9-16(10-12-18)14-21-24-19(22-23-20(24)27-2)15-26-17-7-5-4-6-8-17/h4-12,14H,3,13,15H2,1-2H3/b21-14-. The molecule has 0 aliphatic rings. The van der Waals surface area contributed by atoms with Crippen LogP contribution in [0.25, 0.3) is 0 Å². The minimum absolute atomic E-state index is 0.290. The zero-order valence-electron chi connectivity index (χ0n) is 15.4. The van der Waals surface area contributed by atoms with Crippen LogP contribution in [0.1, 0.15) is 24.7 Å². The molecule has 0 fully saturated rings. The van der Waals surface area contributed by atoms with Crippen LogP contribution in [0.15, 0.2) is 64.9 Å². The molecular weight excluding hydrogens is 360 g/mol. The number of hydrogen-bond acceptors (Lipinski definition) is 6. The fourth-order valence-corrected chi connectivity index (χ4v) is 2.74. The molecule has 0 N–H and O–H groups in total. The summed E-state index contributed by atoms with van der Waals surface area (Å²) in [7, 11) is 0. The van der Waals surface area contributed by atoms with Gasteiger partial charge < -0.3 is 9.47 Å². The number of nitrogens with zero attached hydrogens (tertiary/aromatic N) is 4. The molecule has 2 aromatic carbocycles. The Kier molecular flexibility index (Phi) is 6.87. The number of rotatable bonds is 9. The van der Waals surface area contributed by atoms with Crippen molar-refractivity contribution in [3.63, 3.8) is 0 Å². The SMILES string of the molecule is CCCOc1ccc(/C=N\n2c(COc3ccccc3)nnc2SC)cc1. The number of benzene rings is 2. The highest BCUT2D eigenvalue weighted by Crippen LogP contribution is 2.17. The minimum atomic E-state index is 0.290. The van der Waals surface area contributed by atoms with Crippen LogP contribution >= 0.6 is 11.8 Å². The summed E-state index contributed by atoms with van der Waals surface area (Å²) in [5.74, 6) is 2.28. The Hall–Kier alpha value is -2.80. The Labute approximate surface area is 163 Å². The molecule has 0 unspecified atom stereocenters. The second kappa shape index (κ2) is 9.78. The minimum Gasteiger partial charge on any atom is -0.494 e. The number of thioether (sulfide) groups is 1. The van der Waals surface area contributed by atoms with Crippen molar-refractivity contribution in [1.29, 1.82) is 0 Å². The van der Waals surface area contributed by atoms with E-state index in [0.717, 1.165) is 30.1 Å². The Balaban J connectivity index is 1.71. The lowest BCUT2D eigenvalue weighted by Crippen LogP contribution is -2.04. The van der Waals surface area contributed by atoms with Gasteiger partial charge in [0, 0.05) is 0 Å². The third-order valence-corrected chi connectivity index (χ3v) is 4.27. The zero-order chi connectivity index (χ0) is 18.9. The summed E-state index contributed by atoms with van der Waals surface area (Å²) < 4.78 is 13.1. The summed E-state index contributed by atoms with van der Waals surface area (Å²) in [6.07, 6.45) is 4.71. The molecule has 27 heavy (non-hydrogen) atoms. The molecule has 0 aliphatic carbocycles. The molecule has 6 nitrogen and oxygen atoms in total. The van der Waals surface area contributed by atoms with Crippen molar-refractivity contribution in [2.75, 3.05) is 12.9 Å². The molecule has 1 aromatic heterocycles. The van der Waals surface area contributed by atoms with E-state index >= 15 is 0 Å². The number of para-hydroxylation sites is 1. The van der Waals surface area contributed by atoms with Crippen LogP contribution in [0.5, 0.6) is 11.5 Å². The quantitative estimate of drug-likeness (QED) is 0.409. The molecule has 0 amide bonds. The predicted molar refractivity (Wildman–Crippen MR) is 108 cm³/mol. The van der Waals surface area contributed by atoms with E-state index in [2.05, 4.69) is 22.2 Å². The van der Waals surface area contributed by atoms with Crippen LogP contribution in [0.4, 0.5) is 0 Å². The van der Waals surface area contributed by atoms with E-state index in [1.54, 1.807) is 10.9 Å². The highest BCUT2D eigenvalue weighted by molar-refractivity contribution is 7.98. The van der Waals surface area contributed by atoms with Crippen molar-refractivity contribution in [3.8, 4) is 11.5 Å². The number of ether oxygens (including phenoxy) is 2. The van der Waals surface area contributed by atoms with Crippen LogP contribution in [-0.2, 0) is 6.61 Å². The molecule has 1 heterocycles. The van der Waals surface area contributed by atoms with Crippen molar-refractivity contribution in [3.05, 3.63) is 66.0 Å². The van der Waals surface area contributed by atoms with Crippen LogP contribution in [0, 0.1) is 0 Å². The second-order valence-electron chi connectivity index (χ2n) is 5.68. The second-order valence-corrected chi connectivity index (χ2v) is 6.45. The van der Waals surface area contributed by atoms with Gasteiger partial charge in [-0.05, 0) is 54.6 Å². The molecule has 0 atom stereocenters. The monoisotopic (exact) mass is 382 g/mol. The van der Waals surface area contributed by atoms with Crippen molar-refractivity contribution in [1.82, 2.24) is 14.9 Å². The van der Waals surface area contributed by atoms with E-state index in [1.807, 2.05) is 60.9 Å². The fourth-order valence-electron chi connectivity index (χ4n) is 2.29. The van der Waals surface area contributed by atoms with E-state index < -0.39 is 0 Å². The van der Waals surface area contributed by atoms with Gasteiger partial charge in [-0.2, -0.15) is 9.78 Å². The Morgan fingerprint density at radius 3 is 2.44 bits per heavy atom. The number of aromatic nitrogens is 3. The normalized spacial score (nSPS) is 11.0. The lowest BCUT2D eigenvalue weighted by atomic mass is 10.2. The first-order chi connectivity index (χ1) is 13.3. The predicted octanol–water partition coefficient (Wildman–Crippen LogP) is 4.25. The molecular formula is C20H22N4O2S. The van der Waals surface area contributed by atoms with E-state index in [-0.39, 0.29) is 0 Å². The Bertz CT molecular complexity index is 863. The Morgan fingerprint density at radius 2 is 1.74 bits per heavy atom. The van der Waals surface area contributed by atoms with E-state index in [1.165, 1.54) is 11.8 Å². The van der Waals surface area contributed by atoms with Crippen LogP contribution < -0.4 is 9.47 Å². The van der Waals surface area contributed by atoms with Gasteiger partial charge in [0.25, 0.3) is 0 Å². The molecule has 0 saturated carbocycles. The maximum absolute atomic E-state index is 5.77. The molecule has 0 saturated heterocycles.